The Bertz CT molecular complexity index is 1300. The molecule has 36 heavy (non-hydrogen) atoms. The number of fused-ring (bicyclic) bond motifs is 2. The quantitative estimate of drug-likeness (QED) is 0.410. The molecule has 0 bridgehead atoms. The molecule has 0 radical (unpaired) electrons. The van der Waals surface area contributed by atoms with E-state index < -0.39 is 17.3 Å². The fourth-order valence-corrected chi connectivity index (χ4v) is 5.69. The predicted molar refractivity (Wildman–Crippen MR) is 145 cm³/mol. The van der Waals surface area contributed by atoms with Gasteiger partial charge in [-0.2, -0.15) is 0 Å². The molecule has 2 N–H and O–H groups in total. The highest BCUT2D eigenvalue weighted by atomic mass is 16.3. The minimum atomic E-state index is -0.881. The van der Waals surface area contributed by atoms with Crippen molar-refractivity contribution in [3.05, 3.63) is 69.0 Å². The number of hydrogen-bond acceptors (Lipinski definition) is 4. The number of ketones is 2. The minimum absolute atomic E-state index is 0.104. The fourth-order valence-electron chi connectivity index (χ4n) is 5.69. The van der Waals surface area contributed by atoms with E-state index in [-0.39, 0.29) is 27.4 Å². The van der Waals surface area contributed by atoms with Crippen LogP contribution in [0, 0.1) is 0 Å². The molecule has 0 atom stereocenters. The predicted octanol–water partition coefficient (Wildman–Crippen LogP) is 7.42. The van der Waals surface area contributed by atoms with Gasteiger partial charge in [-0.1, -0.05) is 69.2 Å². The van der Waals surface area contributed by atoms with Crippen LogP contribution in [-0.4, -0.2) is 21.8 Å². The van der Waals surface area contributed by atoms with Crippen molar-refractivity contribution in [3.8, 4) is 5.75 Å². The number of rotatable bonds is 1. The number of aliphatic hydroxyl groups excluding tert-OH is 1. The van der Waals surface area contributed by atoms with Crippen LogP contribution < -0.4 is 0 Å². The van der Waals surface area contributed by atoms with Gasteiger partial charge in [-0.3, -0.25) is 9.59 Å². The maximum Gasteiger partial charge on any atom is 0.268 e. The summed E-state index contributed by atoms with van der Waals surface area (Å²) in [6.07, 6.45) is 2.00. The molecule has 4 nitrogen and oxygen atoms in total. The summed E-state index contributed by atoms with van der Waals surface area (Å²) in [4.78, 5) is 26.2. The van der Waals surface area contributed by atoms with Crippen LogP contribution in [-0.2, 0) is 26.5 Å². The topological polar surface area (TPSA) is 74.6 Å². The standard InChI is InChI=1S/C32H40O4/c1-29(2,3)22-13-17(14-23(26(22)34)30(4,5)6)24-18-15-20-21(32(9,10)12-11-31(20,7)8)16-19(18)25(33)28(36)27(24)35/h13-16,34-35H,11-12H2,1-10H3. The molecule has 192 valence electrons. The van der Waals surface area contributed by atoms with Crippen molar-refractivity contribution in [2.24, 2.45) is 0 Å². The van der Waals surface area contributed by atoms with Crippen molar-refractivity contribution in [3.63, 3.8) is 0 Å². The molecule has 4 heteroatoms. The molecule has 0 saturated heterocycles. The van der Waals surface area contributed by atoms with Crippen LogP contribution in [0.25, 0.3) is 5.57 Å². The van der Waals surface area contributed by atoms with Crippen LogP contribution in [0.3, 0.4) is 0 Å². The lowest BCUT2D eigenvalue weighted by Crippen LogP contribution is -2.35. The van der Waals surface area contributed by atoms with E-state index in [0.717, 1.165) is 35.1 Å². The van der Waals surface area contributed by atoms with Gasteiger partial charge in [0.15, 0.2) is 5.76 Å². The molecule has 2 aliphatic carbocycles. The Morgan fingerprint density at radius 1 is 0.667 bits per heavy atom. The van der Waals surface area contributed by atoms with Crippen LogP contribution in [0.15, 0.2) is 30.0 Å². The van der Waals surface area contributed by atoms with Crippen molar-refractivity contribution in [1.82, 2.24) is 0 Å². The van der Waals surface area contributed by atoms with E-state index in [9.17, 15) is 19.8 Å². The lowest BCUT2D eigenvalue weighted by molar-refractivity contribution is -0.114. The maximum atomic E-state index is 13.2. The first-order valence-electron chi connectivity index (χ1n) is 12.9. The van der Waals surface area contributed by atoms with E-state index in [1.54, 1.807) is 0 Å². The molecule has 2 aromatic carbocycles. The summed E-state index contributed by atoms with van der Waals surface area (Å²) >= 11 is 0. The number of allylic oxidation sites excluding steroid dienone is 1. The second kappa shape index (κ2) is 7.81. The van der Waals surface area contributed by atoms with Gasteiger partial charge in [-0.05, 0) is 81.0 Å². The normalized spacial score (nSPS) is 19.3. The monoisotopic (exact) mass is 488 g/mol. The number of benzene rings is 2. The Morgan fingerprint density at radius 2 is 1.08 bits per heavy atom. The summed E-state index contributed by atoms with van der Waals surface area (Å²) in [6, 6.07) is 7.64. The highest BCUT2D eigenvalue weighted by molar-refractivity contribution is 6.52. The Hall–Kier alpha value is -2.88. The largest absolute Gasteiger partial charge is 0.507 e. The number of Topliss-reactive ketones (excluding diaryl/α,β-unsaturated/α-hetero) is 2. The second-order valence-corrected chi connectivity index (χ2v) is 14.0. The molecular formula is C32H40O4. The lowest BCUT2D eigenvalue weighted by atomic mass is 9.61. The first-order chi connectivity index (χ1) is 16.3. The van der Waals surface area contributed by atoms with Gasteiger partial charge in [0, 0.05) is 22.3 Å². The van der Waals surface area contributed by atoms with Crippen molar-refractivity contribution >= 4 is 17.1 Å². The summed E-state index contributed by atoms with van der Waals surface area (Å²) in [7, 11) is 0. The highest BCUT2D eigenvalue weighted by Gasteiger charge is 2.42. The van der Waals surface area contributed by atoms with E-state index in [1.165, 1.54) is 0 Å². The van der Waals surface area contributed by atoms with E-state index in [0.29, 0.717) is 22.3 Å². The minimum Gasteiger partial charge on any atom is -0.507 e. The average Bonchev–Trinajstić information content (AvgIpc) is 2.74. The first-order valence-corrected chi connectivity index (χ1v) is 12.9. The van der Waals surface area contributed by atoms with E-state index in [2.05, 4.69) is 27.7 Å². The molecule has 0 heterocycles. The number of phenolic OH excluding ortho intramolecular Hbond substituents is 1. The zero-order valence-corrected chi connectivity index (χ0v) is 23.4. The third-order valence-electron chi connectivity index (χ3n) is 8.18. The number of aromatic hydroxyl groups is 1. The first kappa shape index (κ1) is 26.2. The molecule has 0 aliphatic heterocycles. The number of hydrogen-bond donors (Lipinski definition) is 2. The number of carbonyl (C=O) groups excluding carboxylic acids is 2. The third-order valence-corrected chi connectivity index (χ3v) is 8.18. The molecule has 4 rings (SSSR count). The summed E-state index contributed by atoms with van der Waals surface area (Å²) in [5.41, 5.74) is 4.66. The smallest absolute Gasteiger partial charge is 0.268 e. The second-order valence-electron chi connectivity index (χ2n) is 14.0. The average molecular weight is 489 g/mol. The van der Waals surface area contributed by atoms with Crippen LogP contribution in [0.1, 0.15) is 126 Å². The van der Waals surface area contributed by atoms with Crippen LogP contribution in [0.4, 0.5) is 0 Å². The SMILES string of the molecule is CC(C)(C)c1cc(C2=C(O)C(=O)C(=O)c3cc4c(cc32)C(C)(C)CCC4(C)C)cc(C(C)(C)C)c1O. The van der Waals surface area contributed by atoms with Crippen molar-refractivity contribution < 1.29 is 19.8 Å². The highest BCUT2D eigenvalue weighted by Crippen LogP contribution is 2.49. The van der Waals surface area contributed by atoms with Crippen molar-refractivity contribution in [1.29, 1.82) is 0 Å². The van der Waals surface area contributed by atoms with Crippen LogP contribution in [0.5, 0.6) is 5.75 Å². The molecular weight excluding hydrogens is 448 g/mol. The molecule has 0 fully saturated rings. The zero-order valence-electron chi connectivity index (χ0n) is 23.4. The van der Waals surface area contributed by atoms with Crippen molar-refractivity contribution in [2.75, 3.05) is 0 Å². The molecule has 2 aromatic rings. The van der Waals surface area contributed by atoms with Crippen LogP contribution >= 0.6 is 0 Å². The van der Waals surface area contributed by atoms with Gasteiger partial charge in [-0.25, -0.2) is 0 Å². The summed E-state index contributed by atoms with van der Waals surface area (Å²) in [5.74, 6) is -1.84. The Labute approximate surface area is 215 Å². The van der Waals surface area contributed by atoms with Crippen molar-refractivity contribution in [2.45, 2.75) is 104 Å². The third kappa shape index (κ3) is 3.99. The molecule has 2 aliphatic rings. The molecule has 0 amide bonds. The zero-order chi connectivity index (χ0) is 27.2. The Balaban J connectivity index is 2.11. The van der Waals surface area contributed by atoms with E-state index in [1.807, 2.05) is 65.8 Å². The van der Waals surface area contributed by atoms with Gasteiger partial charge in [0.25, 0.3) is 5.78 Å². The number of carbonyl (C=O) groups is 2. The summed E-state index contributed by atoms with van der Waals surface area (Å²) in [5, 5.41) is 22.4. The molecule has 0 aromatic heterocycles. The summed E-state index contributed by atoms with van der Waals surface area (Å²) < 4.78 is 0. The molecule has 0 unspecified atom stereocenters. The van der Waals surface area contributed by atoms with Gasteiger partial charge in [0.2, 0.25) is 5.78 Å². The Morgan fingerprint density at radius 3 is 1.50 bits per heavy atom. The molecule has 0 spiro atoms. The maximum absolute atomic E-state index is 13.2. The van der Waals surface area contributed by atoms with Gasteiger partial charge in [0.1, 0.15) is 5.75 Å². The van der Waals surface area contributed by atoms with Gasteiger partial charge >= 0.3 is 0 Å². The van der Waals surface area contributed by atoms with Gasteiger partial charge in [-0.15, -0.1) is 0 Å². The lowest BCUT2D eigenvalue weighted by Gasteiger charge is -2.42. The summed E-state index contributed by atoms with van der Waals surface area (Å²) in [6.45, 7) is 20.9. The van der Waals surface area contributed by atoms with E-state index >= 15 is 0 Å². The number of phenols is 1. The van der Waals surface area contributed by atoms with Gasteiger partial charge in [0.05, 0.1) is 0 Å². The number of aliphatic hydroxyl groups is 1. The van der Waals surface area contributed by atoms with E-state index in [4.69, 9.17) is 0 Å². The molecule has 0 saturated carbocycles. The van der Waals surface area contributed by atoms with Crippen LogP contribution in [0.2, 0.25) is 0 Å². The van der Waals surface area contributed by atoms with Gasteiger partial charge < -0.3 is 10.2 Å². The fraction of sp³-hybridized carbons (Fsp3) is 0.500. The Kier molecular flexibility index (Phi) is 5.68.